The van der Waals surface area contributed by atoms with Gasteiger partial charge in [0.15, 0.2) is 0 Å². The van der Waals surface area contributed by atoms with E-state index in [0.717, 1.165) is 0 Å². The van der Waals surface area contributed by atoms with Gasteiger partial charge in [-0.05, 0) is 12.1 Å². The molecule has 0 amide bonds. The summed E-state index contributed by atoms with van der Waals surface area (Å²) < 4.78 is 24.4. The van der Waals surface area contributed by atoms with Gasteiger partial charge in [-0.15, -0.1) is 11.6 Å². The van der Waals surface area contributed by atoms with Gasteiger partial charge in [-0.2, -0.15) is 0 Å². The first-order valence-electron chi connectivity index (χ1n) is 3.57. The van der Waals surface area contributed by atoms with Crippen LogP contribution in [-0.4, -0.2) is 13.6 Å². The molecule has 0 saturated carbocycles. The topological polar surface area (TPSA) is 46.2 Å². The maximum Gasteiger partial charge on any atom is 0.246 e. The van der Waals surface area contributed by atoms with Gasteiger partial charge in [-0.25, -0.2) is 8.42 Å². The predicted octanol–water partition coefficient (Wildman–Crippen LogP) is 3.58. The molecule has 3 nitrogen and oxygen atoms in total. The molecule has 0 atom stereocenters. The largest absolute Gasteiger partial charge is 0.281 e. The third-order valence-electron chi connectivity index (χ3n) is 1.42. The lowest BCUT2D eigenvalue weighted by molar-refractivity contribution is 0.605. The van der Waals surface area contributed by atoms with Crippen molar-refractivity contribution in [3.8, 4) is 0 Å². The molecule has 8 heteroatoms. The quantitative estimate of drug-likeness (QED) is 0.685. The van der Waals surface area contributed by atoms with E-state index < -0.39 is 15.2 Å². The molecule has 1 rings (SSSR count). The summed E-state index contributed by atoms with van der Waals surface area (Å²) in [4.78, 5) is 0. The van der Waals surface area contributed by atoms with Crippen molar-refractivity contribution in [2.45, 2.75) is 0 Å². The molecule has 1 N–H and O–H groups in total. The van der Waals surface area contributed by atoms with Gasteiger partial charge in [0.1, 0.15) is 5.21 Å². The fourth-order valence-electron chi connectivity index (χ4n) is 0.796. The third-order valence-corrected chi connectivity index (χ3v) is 4.13. The number of benzene rings is 1. The van der Waals surface area contributed by atoms with Crippen LogP contribution in [0.4, 0.5) is 5.69 Å². The average molecular weight is 309 g/mol. The summed E-state index contributed by atoms with van der Waals surface area (Å²) in [5.74, 6) is 0. The van der Waals surface area contributed by atoms with Crippen LogP contribution in [-0.2, 0) is 10.0 Å². The highest BCUT2D eigenvalue weighted by atomic mass is 35.5. The fraction of sp³-hybridized carbons (Fsp3) is 0.143. The lowest BCUT2D eigenvalue weighted by atomic mass is 10.3. The number of hydrogen-bond donors (Lipinski definition) is 1. The van der Waals surface area contributed by atoms with E-state index in [1.54, 1.807) is 0 Å². The maximum atomic E-state index is 11.1. The van der Waals surface area contributed by atoms with Crippen LogP contribution in [0.2, 0.25) is 15.1 Å². The van der Waals surface area contributed by atoms with E-state index in [9.17, 15) is 8.42 Å². The van der Waals surface area contributed by atoms with Crippen LogP contribution in [0.1, 0.15) is 0 Å². The van der Waals surface area contributed by atoms with Crippen LogP contribution in [0.5, 0.6) is 0 Å². The second-order valence-electron chi connectivity index (χ2n) is 2.57. The number of alkyl halides is 1. The van der Waals surface area contributed by atoms with Crippen LogP contribution >= 0.6 is 46.4 Å². The molecule has 0 spiro atoms. The monoisotopic (exact) mass is 307 g/mol. The molecular formula is C7H5Cl4NO2S. The van der Waals surface area contributed by atoms with Gasteiger partial charge in [-0.1, -0.05) is 34.8 Å². The lowest BCUT2D eigenvalue weighted by Gasteiger charge is -2.08. The third kappa shape index (κ3) is 3.57. The van der Waals surface area contributed by atoms with Gasteiger partial charge >= 0.3 is 0 Å². The number of halogens is 4. The predicted molar refractivity (Wildman–Crippen MR) is 64.7 cm³/mol. The lowest BCUT2D eigenvalue weighted by Crippen LogP contribution is -2.13. The first-order valence-corrected chi connectivity index (χ1v) is 6.89. The minimum Gasteiger partial charge on any atom is -0.281 e. The molecule has 0 aliphatic rings. The van der Waals surface area contributed by atoms with Crippen LogP contribution in [0.3, 0.4) is 0 Å². The Morgan fingerprint density at radius 1 is 1.07 bits per heavy atom. The van der Waals surface area contributed by atoms with E-state index in [-0.39, 0.29) is 20.8 Å². The molecule has 0 radical (unpaired) electrons. The normalized spacial score (nSPS) is 11.5. The first kappa shape index (κ1) is 13.2. The highest BCUT2D eigenvalue weighted by molar-refractivity contribution is 7.93. The average Bonchev–Trinajstić information content (AvgIpc) is 2.14. The van der Waals surface area contributed by atoms with Crippen LogP contribution < -0.4 is 4.72 Å². The van der Waals surface area contributed by atoms with Crippen molar-refractivity contribution in [2.75, 3.05) is 9.93 Å². The van der Waals surface area contributed by atoms with E-state index in [1.165, 1.54) is 12.1 Å². The molecule has 0 aliphatic heterocycles. The van der Waals surface area contributed by atoms with Gasteiger partial charge in [0.2, 0.25) is 10.0 Å². The van der Waals surface area contributed by atoms with Crippen molar-refractivity contribution in [1.29, 1.82) is 0 Å². The zero-order valence-corrected chi connectivity index (χ0v) is 10.9. The Hall–Kier alpha value is 0.130. The molecule has 0 unspecified atom stereocenters. The molecule has 1 aromatic carbocycles. The minimum absolute atomic E-state index is 0.145. The molecule has 0 bridgehead atoms. The Morgan fingerprint density at radius 2 is 1.60 bits per heavy atom. The summed E-state index contributed by atoms with van der Waals surface area (Å²) in [7, 11) is -3.60. The summed E-state index contributed by atoms with van der Waals surface area (Å²) >= 11 is 22.3. The molecule has 0 fully saturated rings. The second-order valence-corrected chi connectivity index (χ2v) is 6.10. The molecule has 84 valence electrons. The van der Waals surface area contributed by atoms with Crippen molar-refractivity contribution >= 4 is 62.1 Å². The number of sulfonamides is 1. The van der Waals surface area contributed by atoms with Gasteiger partial charge < -0.3 is 0 Å². The van der Waals surface area contributed by atoms with Crippen LogP contribution in [0.15, 0.2) is 12.1 Å². The number of nitrogens with one attached hydrogen (secondary N) is 1. The molecule has 0 heterocycles. The van der Waals surface area contributed by atoms with Crippen molar-refractivity contribution in [1.82, 2.24) is 0 Å². The SMILES string of the molecule is O=S(=O)(CCl)Nc1cc(Cl)c(Cl)cc1Cl. The Morgan fingerprint density at radius 3 is 2.13 bits per heavy atom. The van der Waals surface area contributed by atoms with E-state index in [4.69, 9.17) is 46.4 Å². The van der Waals surface area contributed by atoms with Gasteiger partial charge in [0.25, 0.3) is 0 Å². The fourth-order valence-corrected chi connectivity index (χ4v) is 2.17. The minimum atomic E-state index is -3.60. The van der Waals surface area contributed by atoms with E-state index in [0.29, 0.717) is 0 Å². The van der Waals surface area contributed by atoms with Crippen LogP contribution in [0.25, 0.3) is 0 Å². The Balaban J connectivity index is 3.12. The maximum absolute atomic E-state index is 11.1. The van der Waals surface area contributed by atoms with Crippen molar-refractivity contribution < 1.29 is 8.42 Å². The number of anilines is 1. The van der Waals surface area contributed by atoms with E-state index in [2.05, 4.69) is 4.72 Å². The molecular weight excluding hydrogens is 304 g/mol. The summed E-state index contributed by atoms with van der Waals surface area (Å²) in [6.45, 7) is 0. The van der Waals surface area contributed by atoms with Crippen LogP contribution in [0, 0.1) is 0 Å². The van der Waals surface area contributed by atoms with E-state index in [1.807, 2.05) is 0 Å². The molecule has 0 aliphatic carbocycles. The summed E-state index contributed by atoms with van der Waals surface area (Å²) in [5, 5.41) is 0.0331. The molecule has 0 aromatic heterocycles. The zero-order valence-electron chi connectivity index (χ0n) is 7.10. The van der Waals surface area contributed by atoms with Gasteiger partial charge in [-0.3, -0.25) is 4.72 Å². The number of rotatable bonds is 3. The second kappa shape index (κ2) is 4.97. The van der Waals surface area contributed by atoms with E-state index >= 15 is 0 Å². The summed E-state index contributed by atoms with van der Waals surface area (Å²) in [5.41, 5.74) is 0.145. The zero-order chi connectivity index (χ0) is 11.6. The number of hydrogen-bond acceptors (Lipinski definition) is 2. The van der Waals surface area contributed by atoms with Crippen molar-refractivity contribution in [3.63, 3.8) is 0 Å². The standard InChI is InChI=1S/C7H5Cl4NO2S/c8-3-15(13,14)12-7-2-5(10)4(9)1-6(7)11/h1-2,12H,3H2. The smallest absolute Gasteiger partial charge is 0.246 e. The Labute approximate surface area is 107 Å². The summed E-state index contributed by atoms with van der Waals surface area (Å²) in [6, 6.07) is 2.66. The highest BCUT2D eigenvalue weighted by Crippen LogP contribution is 2.32. The first-order chi connectivity index (χ1) is 6.85. The highest BCUT2D eigenvalue weighted by Gasteiger charge is 2.12. The molecule has 15 heavy (non-hydrogen) atoms. The molecule has 1 aromatic rings. The Bertz CT molecular complexity index is 474. The van der Waals surface area contributed by atoms with Gasteiger partial charge in [0, 0.05) is 0 Å². The van der Waals surface area contributed by atoms with Crippen molar-refractivity contribution in [3.05, 3.63) is 27.2 Å². The molecule has 0 saturated heterocycles. The Kier molecular flexibility index (Phi) is 4.38. The summed E-state index contributed by atoms with van der Waals surface area (Å²) in [6.07, 6.45) is 0. The van der Waals surface area contributed by atoms with Gasteiger partial charge in [0.05, 0.1) is 20.8 Å². The van der Waals surface area contributed by atoms with Crippen molar-refractivity contribution in [2.24, 2.45) is 0 Å².